The molecule has 12 nitrogen and oxygen atoms in total. The third-order valence-electron chi connectivity index (χ3n) is 6.91. The van der Waals surface area contributed by atoms with E-state index >= 15 is 0 Å². The molecule has 0 bridgehead atoms. The first kappa shape index (κ1) is 38.8. The van der Waals surface area contributed by atoms with Gasteiger partial charge in [0.25, 0.3) is 0 Å². The summed E-state index contributed by atoms with van der Waals surface area (Å²) in [5.41, 5.74) is 0. The van der Waals surface area contributed by atoms with Crippen LogP contribution < -0.4 is 10.6 Å². The fourth-order valence-corrected chi connectivity index (χ4v) is 10.3. The molecule has 1 saturated carbocycles. The van der Waals surface area contributed by atoms with Crippen molar-refractivity contribution >= 4 is 29.8 Å². The van der Waals surface area contributed by atoms with Crippen molar-refractivity contribution in [2.75, 3.05) is 65.9 Å². The summed E-state index contributed by atoms with van der Waals surface area (Å²) in [5.74, 6) is 0.639. The van der Waals surface area contributed by atoms with Crippen LogP contribution in [0.25, 0.3) is 0 Å². The highest BCUT2D eigenvalue weighted by Gasteiger charge is 2.40. The van der Waals surface area contributed by atoms with Gasteiger partial charge in [-0.15, -0.1) is 0 Å². The SMILES string of the molecule is CCO[Si](CCCNC(=O)OCC1CCC(COC(=O)NCCC[Si](OCC)(OCC)OCC)CC1)(OCC)OCC. The van der Waals surface area contributed by atoms with Gasteiger partial charge in [-0.1, -0.05) is 0 Å². The summed E-state index contributed by atoms with van der Waals surface area (Å²) in [4.78, 5) is 24.4. The summed E-state index contributed by atoms with van der Waals surface area (Å²) in [6, 6.07) is 1.29. The van der Waals surface area contributed by atoms with E-state index in [9.17, 15) is 9.59 Å². The topological polar surface area (TPSA) is 132 Å². The highest BCUT2D eigenvalue weighted by molar-refractivity contribution is 6.61. The first-order valence-corrected chi connectivity index (χ1v) is 19.8. The van der Waals surface area contributed by atoms with Gasteiger partial charge in [0.15, 0.2) is 0 Å². The largest absolute Gasteiger partial charge is 0.500 e. The van der Waals surface area contributed by atoms with E-state index < -0.39 is 29.8 Å². The molecule has 0 unspecified atom stereocenters. The quantitative estimate of drug-likeness (QED) is 0.108. The molecule has 0 aromatic carbocycles. The Kier molecular flexibility index (Phi) is 21.4. The second-order valence-corrected chi connectivity index (χ2v) is 15.6. The Morgan fingerprint density at radius 2 is 0.833 bits per heavy atom. The van der Waals surface area contributed by atoms with Gasteiger partial charge in [-0.3, -0.25) is 0 Å². The third kappa shape index (κ3) is 16.0. The van der Waals surface area contributed by atoms with Crippen molar-refractivity contribution in [2.24, 2.45) is 11.8 Å². The van der Waals surface area contributed by atoms with Crippen LogP contribution in [0, 0.1) is 11.8 Å². The maximum absolute atomic E-state index is 12.2. The number of alkyl carbamates (subject to hydrolysis) is 2. The van der Waals surface area contributed by atoms with Crippen LogP contribution in [0.3, 0.4) is 0 Å². The number of nitrogens with one attached hydrogen (secondary N) is 2. The molecular formula is C28H58N2O10Si2. The van der Waals surface area contributed by atoms with Gasteiger partial charge in [0.2, 0.25) is 0 Å². The van der Waals surface area contributed by atoms with Crippen LogP contribution in [-0.4, -0.2) is 95.7 Å². The molecule has 1 fully saturated rings. The molecule has 2 N–H and O–H groups in total. The molecule has 0 atom stereocenters. The molecule has 14 heteroatoms. The summed E-state index contributed by atoms with van der Waals surface area (Å²) in [7, 11) is -5.40. The Labute approximate surface area is 255 Å². The van der Waals surface area contributed by atoms with E-state index in [0.717, 1.165) is 25.7 Å². The zero-order chi connectivity index (χ0) is 31.1. The molecule has 0 radical (unpaired) electrons. The minimum absolute atomic E-state index is 0.320. The fourth-order valence-electron chi connectivity index (χ4n) is 5.05. The summed E-state index contributed by atoms with van der Waals surface area (Å²) in [5, 5.41) is 5.64. The predicted molar refractivity (Wildman–Crippen MR) is 164 cm³/mol. The number of rotatable bonds is 24. The van der Waals surface area contributed by atoms with Crippen molar-refractivity contribution in [3.8, 4) is 0 Å². The molecule has 248 valence electrons. The zero-order valence-electron chi connectivity index (χ0n) is 27.0. The van der Waals surface area contributed by atoms with E-state index in [1.807, 2.05) is 41.5 Å². The van der Waals surface area contributed by atoms with Crippen molar-refractivity contribution in [2.45, 2.75) is 92.2 Å². The van der Waals surface area contributed by atoms with Crippen molar-refractivity contribution in [3.63, 3.8) is 0 Å². The van der Waals surface area contributed by atoms with Crippen LogP contribution >= 0.6 is 0 Å². The molecule has 0 heterocycles. The molecule has 0 aliphatic heterocycles. The van der Waals surface area contributed by atoms with E-state index in [1.54, 1.807) is 0 Å². The van der Waals surface area contributed by atoms with Gasteiger partial charge in [-0.2, -0.15) is 0 Å². The van der Waals surface area contributed by atoms with E-state index in [2.05, 4.69) is 10.6 Å². The number of carbonyl (C=O) groups excluding carboxylic acids is 2. The number of carbonyl (C=O) groups is 2. The van der Waals surface area contributed by atoms with Crippen LogP contribution in [0.5, 0.6) is 0 Å². The van der Waals surface area contributed by atoms with E-state index in [0.29, 0.717) is 103 Å². The number of hydrogen-bond acceptors (Lipinski definition) is 10. The van der Waals surface area contributed by atoms with Gasteiger partial charge < -0.3 is 46.7 Å². The van der Waals surface area contributed by atoms with Crippen LogP contribution in [0.4, 0.5) is 9.59 Å². The molecule has 0 spiro atoms. The van der Waals surface area contributed by atoms with Gasteiger partial charge in [0.1, 0.15) is 0 Å². The minimum atomic E-state index is -2.70. The second-order valence-electron chi connectivity index (χ2n) is 10.1. The Morgan fingerprint density at radius 1 is 0.548 bits per heavy atom. The standard InChI is InChI=1S/C28H58N2O10Si2/c1-7-35-41(36-8-2,37-9-3)21-13-19-29-27(31)33-23-25-15-17-26(18-16-25)24-34-28(32)30-20-14-22-42(38-10-4,39-11-5)40-12-6/h25-26H,7-24H2,1-6H3,(H,29,31)(H,30,32). The summed E-state index contributed by atoms with van der Waals surface area (Å²) in [6.07, 6.45) is 4.32. The van der Waals surface area contributed by atoms with Gasteiger partial charge in [-0.25, -0.2) is 9.59 Å². The van der Waals surface area contributed by atoms with Crippen molar-refractivity contribution in [1.29, 1.82) is 0 Å². The van der Waals surface area contributed by atoms with Crippen molar-refractivity contribution in [1.82, 2.24) is 10.6 Å². The zero-order valence-corrected chi connectivity index (χ0v) is 29.0. The highest BCUT2D eigenvalue weighted by atomic mass is 28.4. The summed E-state index contributed by atoms with van der Waals surface area (Å²) < 4.78 is 46.0. The average Bonchev–Trinajstić information content (AvgIpc) is 2.97. The lowest BCUT2D eigenvalue weighted by Gasteiger charge is -2.29. The lowest BCUT2D eigenvalue weighted by Crippen LogP contribution is -2.46. The molecule has 0 aromatic heterocycles. The van der Waals surface area contributed by atoms with Gasteiger partial charge >= 0.3 is 29.8 Å². The first-order valence-electron chi connectivity index (χ1n) is 16.0. The van der Waals surface area contributed by atoms with E-state index in [4.69, 9.17) is 36.0 Å². The highest BCUT2D eigenvalue weighted by Crippen LogP contribution is 2.29. The van der Waals surface area contributed by atoms with Gasteiger partial charge in [0, 0.05) is 64.8 Å². The van der Waals surface area contributed by atoms with Crippen LogP contribution in [0.1, 0.15) is 80.1 Å². The fraction of sp³-hybridized carbons (Fsp3) is 0.929. The average molecular weight is 639 g/mol. The van der Waals surface area contributed by atoms with Gasteiger partial charge in [-0.05, 0) is 91.9 Å². The molecule has 1 aliphatic rings. The third-order valence-corrected chi connectivity index (χ3v) is 13.2. The smallest absolute Gasteiger partial charge is 0.449 e. The number of ether oxygens (including phenoxy) is 2. The Bertz CT molecular complexity index is 622. The van der Waals surface area contributed by atoms with Crippen molar-refractivity contribution in [3.05, 3.63) is 0 Å². The number of amides is 2. The molecule has 2 amide bonds. The lowest BCUT2D eigenvalue weighted by molar-refractivity contribution is 0.0695. The Hall–Kier alpha value is -1.27. The molecule has 0 saturated heterocycles. The number of hydrogen-bond donors (Lipinski definition) is 2. The lowest BCUT2D eigenvalue weighted by atomic mass is 9.83. The molecule has 1 rings (SSSR count). The minimum Gasteiger partial charge on any atom is -0.449 e. The monoisotopic (exact) mass is 638 g/mol. The second kappa shape index (κ2) is 23.2. The molecule has 0 aromatic rings. The Balaban J connectivity index is 2.21. The van der Waals surface area contributed by atoms with E-state index in [1.165, 1.54) is 0 Å². The maximum Gasteiger partial charge on any atom is 0.500 e. The summed E-state index contributed by atoms with van der Waals surface area (Å²) in [6.45, 7) is 16.5. The normalized spacial score (nSPS) is 17.6. The van der Waals surface area contributed by atoms with Crippen LogP contribution in [-0.2, 0) is 36.0 Å². The predicted octanol–water partition coefficient (Wildman–Crippen LogP) is 5.12. The molecule has 42 heavy (non-hydrogen) atoms. The first-order chi connectivity index (χ1) is 20.3. The van der Waals surface area contributed by atoms with Gasteiger partial charge in [0.05, 0.1) is 13.2 Å². The molecular weight excluding hydrogens is 580 g/mol. The van der Waals surface area contributed by atoms with Crippen LogP contribution in [0.15, 0.2) is 0 Å². The summed E-state index contributed by atoms with van der Waals surface area (Å²) >= 11 is 0. The van der Waals surface area contributed by atoms with Crippen molar-refractivity contribution < 1.29 is 45.6 Å². The maximum atomic E-state index is 12.2. The van der Waals surface area contributed by atoms with Crippen LogP contribution in [0.2, 0.25) is 12.1 Å². The Morgan fingerprint density at radius 3 is 1.10 bits per heavy atom. The van der Waals surface area contributed by atoms with E-state index in [-0.39, 0.29) is 0 Å². The molecule has 1 aliphatic carbocycles.